The van der Waals surface area contributed by atoms with Crippen molar-refractivity contribution >= 4 is 18.5 Å². The molecule has 1 aromatic rings. The van der Waals surface area contributed by atoms with Crippen molar-refractivity contribution in [2.75, 3.05) is 6.54 Å². The zero-order chi connectivity index (χ0) is 13.0. The summed E-state index contributed by atoms with van der Waals surface area (Å²) in [5.74, 6) is 0.851. The van der Waals surface area contributed by atoms with E-state index in [1.165, 1.54) is 25.7 Å². The third-order valence-electron chi connectivity index (χ3n) is 3.78. The maximum absolute atomic E-state index is 12.0. The summed E-state index contributed by atoms with van der Waals surface area (Å²) in [6, 6.07) is 5.69. The van der Waals surface area contributed by atoms with Gasteiger partial charge in [0.15, 0.2) is 0 Å². The molecule has 0 radical (unpaired) electrons. The van der Waals surface area contributed by atoms with Gasteiger partial charge in [0.2, 0.25) is 0 Å². The Balaban J connectivity index is 1.85. The van der Waals surface area contributed by atoms with Gasteiger partial charge in [0, 0.05) is 17.0 Å². The number of rotatable bonds is 4. The van der Waals surface area contributed by atoms with E-state index in [2.05, 4.69) is 17.9 Å². The monoisotopic (exact) mass is 263 g/mol. The van der Waals surface area contributed by atoms with E-state index in [0.29, 0.717) is 0 Å². The molecule has 0 saturated heterocycles. The van der Waals surface area contributed by atoms with Crippen LogP contribution in [0.4, 0.5) is 0 Å². The second-order valence-corrected chi connectivity index (χ2v) is 5.71. The maximum atomic E-state index is 12.0. The molecular weight excluding hydrogens is 242 g/mol. The molecule has 1 saturated carbocycles. The summed E-state index contributed by atoms with van der Waals surface area (Å²) in [6.45, 7) is 2.75. The van der Waals surface area contributed by atoms with Crippen LogP contribution in [0, 0.1) is 12.8 Å². The van der Waals surface area contributed by atoms with E-state index in [1.54, 1.807) is 0 Å². The van der Waals surface area contributed by atoms with Crippen molar-refractivity contribution in [3.05, 3.63) is 29.3 Å². The Morgan fingerprint density at radius 2 is 2.11 bits per heavy atom. The summed E-state index contributed by atoms with van der Waals surface area (Å²) in [5.41, 5.74) is 1.75. The van der Waals surface area contributed by atoms with Gasteiger partial charge < -0.3 is 5.32 Å². The van der Waals surface area contributed by atoms with Crippen LogP contribution in [0.5, 0.6) is 0 Å². The van der Waals surface area contributed by atoms with Crippen LogP contribution in [-0.2, 0) is 0 Å². The first-order chi connectivity index (χ1) is 8.66. The molecule has 0 aromatic heterocycles. The summed E-state index contributed by atoms with van der Waals surface area (Å²) in [5, 5.41) is 3.02. The normalized spacial score (nSPS) is 15.9. The number of carbonyl (C=O) groups excluding carboxylic acids is 1. The van der Waals surface area contributed by atoms with Crippen LogP contribution < -0.4 is 5.32 Å². The zero-order valence-electron chi connectivity index (χ0n) is 10.9. The Labute approximate surface area is 115 Å². The number of thiol groups is 1. The quantitative estimate of drug-likeness (QED) is 0.799. The van der Waals surface area contributed by atoms with E-state index in [0.717, 1.165) is 34.9 Å². The fraction of sp³-hybridized carbons (Fsp3) is 0.533. The molecular formula is C15H21NOS. The van der Waals surface area contributed by atoms with Crippen molar-refractivity contribution in [3.8, 4) is 0 Å². The molecule has 1 amide bonds. The largest absolute Gasteiger partial charge is 0.352 e. The third-order valence-corrected chi connectivity index (χ3v) is 4.06. The Bertz CT molecular complexity index is 425. The average Bonchev–Trinajstić information content (AvgIpc) is 2.85. The molecule has 2 nitrogen and oxygen atoms in total. The van der Waals surface area contributed by atoms with Crippen molar-refractivity contribution < 1.29 is 4.79 Å². The summed E-state index contributed by atoms with van der Waals surface area (Å²) in [6.07, 6.45) is 6.51. The predicted molar refractivity (Wildman–Crippen MR) is 77.3 cm³/mol. The fourth-order valence-corrected chi connectivity index (χ4v) is 2.84. The first-order valence-corrected chi connectivity index (χ1v) is 7.19. The maximum Gasteiger partial charge on any atom is 0.251 e. The first-order valence-electron chi connectivity index (χ1n) is 6.74. The van der Waals surface area contributed by atoms with Gasteiger partial charge in [-0.25, -0.2) is 0 Å². The smallest absolute Gasteiger partial charge is 0.251 e. The molecule has 0 spiro atoms. The van der Waals surface area contributed by atoms with E-state index >= 15 is 0 Å². The lowest BCUT2D eigenvalue weighted by Gasteiger charge is -2.11. The number of amides is 1. The average molecular weight is 263 g/mol. The third kappa shape index (κ3) is 3.52. The second kappa shape index (κ2) is 6.28. The van der Waals surface area contributed by atoms with E-state index in [1.807, 2.05) is 25.1 Å². The fourth-order valence-electron chi connectivity index (χ4n) is 2.64. The van der Waals surface area contributed by atoms with Crippen molar-refractivity contribution in [1.82, 2.24) is 5.32 Å². The lowest BCUT2D eigenvalue weighted by Crippen LogP contribution is -2.26. The van der Waals surface area contributed by atoms with Crippen LogP contribution >= 0.6 is 12.6 Å². The molecule has 1 aliphatic rings. The number of hydrogen-bond donors (Lipinski definition) is 2. The van der Waals surface area contributed by atoms with E-state index in [-0.39, 0.29) is 5.91 Å². The summed E-state index contributed by atoms with van der Waals surface area (Å²) in [4.78, 5) is 12.9. The van der Waals surface area contributed by atoms with Crippen LogP contribution in [0.25, 0.3) is 0 Å². The number of benzene rings is 1. The zero-order valence-corrected chi connectivity index (χ0v) is 11.8. The molecule has 18 heavy (non-hydrogen) atoms. The molecule has 1 aliphatic carbocycles. The molecule has 0 aliphatic heterocycles. The second-order valence-electron chi connectivity index (χ2n) is 5.19. The Morgan fingerprint density at radius 3 is 2.83 bits per heavy atom. The van der Waals surface area contributed by atoms with Gasteiger partial charge in [-0.05, 0) is 37.0 Å². The molecule has 1 fully saturated rings. The van der Waals surface area contributed by atoms with Gasteiger partial charge in [-0.1, -0.05) is 31.7 Å². The van der Waals surface area contributed by atoms with Gasteiger partial charge in [-0.15, -0.1) is 12.6 Å². The van der Waals surface area contributed by atoms with Crippen LogP contribution in [0.15, 0.2) is 23.1 Å². The topological polar surface area (TPSA) is 29.1 Å². The van der Waals surface area contributed by atoms with Gasteiger partial charge in [0.1, 0.15) is 0 Å². The highest BCUT2D eigenvalue weighted by atomic mass is 32.1. The highest BCUT2D eigenvalue weighted by Gasteiger charge is 2.15. The molecule has 2 rings (SSSR count). The number of hydrogen-bond acceptors (Lipinski definition) is 2. The van der Waals surface area contributed by atoms with Gasteiger partial charge in [-0.2, -0.15) is 0 Å². The summed E-state index contributed by atoms with van der Waals surface area (Å²) in [7, 11) is 0. The van der Waals surface area contributed by atoms with Gasteiger partial charge in [-0.3, -0.25) is 4.79 Å². The van der Waals surface area contributed by atoms with Crippen molar-refractivity contribution in [3.63, 3.8) is 0 Å². The molecule has 0 atom stereocenters. The van der Waals surface area contributed by atoms with Crippen LogP contribution in [-0.4, -0.2) is 12.5 Å². The van der Waals surface area contributed by atoms with E-state index in [9.17, 15) is 4.79 Å². The SMILES string of the molecule is Cc1ccc(S)cc1C(=O)NCCC1CCCC1. The van der Waals surface area contributed by atoms with Gasteiger partial charge in [0.25, 0.3) is 5.91 Å². The summed E-state index contributed by atoms with van der Waals surface area (Å²) >= 11 is 4.28. The molecule has 1 aromatic carbocycles. The number of aryl methyl sites for hydroxylation is 1. The Morgan fingerprint density at radius 1 is 1.39 bits per heavy atom. The minimum atomic E-state index is 0.0291. The highest BCUT2D eigenvalue weighted by Crippen LogP contribution is 2.26. The molecule has 3 heteroatoms. The lowest BCUT2D eigenvalue weighted by atomic mass is 10.0. The number of nitrogens with one attached hydrogen (secondary N) is 1. The van der Waals surface area contributed by atoms with Gasteiger partial charge in [0.05, 0.1) is 0 Å². The minimum absolute atomic E-state index is 0.0291. The molecule has 0 bridgehead atoms. The highest BCUT2D eigenvalue weighted by molar-refractivity contribution is 7.80. The van der Waals surface area contributed by atoms with Crippen LogP contribution in [0.1, 0.15) is 48.0 Å². The first kappa shape index (κ1) is 13.5. The standard InChI is InChI=1S/C15H21NOS/c1-11-6-7-13(18)10-14(11)15(17)16-9-8-12-4-2-3-5-12/h6-7,10,12,18H,2-5,8-9H2,1H3,(H,16,17). The van der Waals surface area contributed by atoms with E-state index < -0.39 is 0 Å². The Kier molecular flexibility index (Phi) is 4.70. The lowest BCUT2D eigenvalue weighted by molar-refractivity contribution is 0.0950. The summed E-state index contributed by atoms with van der Waals surface area (Å²) < 4.78 is 0. The Hall–Kier alpha value is -0.960. The van der Waals surface area contributed by atoms with E-state index in [4.69, 9.17) is 0 Å². The minimum Gasteiger partial charge on any atom is -0.352 e. The molecule has 98 valence electrons. The van der Waals surface area contributed by atoms with Crippen molar-refractivity contribution in [1.29, 1.82) is 0 Å². The van der Waals surface area contributed by atoms with Crippen LogP contribution in [0.2, 0.25) is 0 Å². The van der Waals surface area contributed by atoms with Crippen molar-refractivity contribution in [2.24, 2.45) is 5.92 Å². The van der Waals surface area contributed by atoms with Gasteiger partial charge >= 0.3 is 0 Å². The number of carbonyl (C=O) groups is 1. The predicted octanol–water partition coefficient (Wildman–Crippen LogP) is 3.59. The van der Waals surface area contributed by atoms with Crippen LogP contribution in [0.3, 0.4) is 0 Å². The molecule has 0 heterocycles. The molecule has 1 N–H and O–H groups in total. The molecule has 0 unspecified atom stereocenters. The van der Waals surface area contributed by atoms with Crippen molar-refractivity contribution in [2.45, 2.75) is 43.9 Å².